The maximum atomic E-state index is 14.8. The number of morpholine rings is 1. The molecule has 2 aliphatic heterocycles. The van der Waals surface area contributed by atoms with Gasteiger partial charge >= 0.3 is 0 Å². The number of nitriles is 1. The first-order valence-corrected chi connectivity index (χ1v) is 13.8. The molecule has 0 spiro atoms. The molecule has 2 aliphatic rings. The molecule has 1 amide bonds. The summed E-state index contributed by atoms with van der Waals surface area (Å²) in [5.41, 5.74) is 2.36. The van der Waals surface area contributed by atoms with Crippen LogP contribution < -0.4 is 26.0 Å². The van der Waals surface area contributed by atoms with Crippen molar-refractivity contribution in [2.75, 3.05) is 43.0 Å². The number of anilines is 3. The number of hydrogen-bond acceptors (Lipinski definition) is 12. The highest BCUT2D eigenvalue weighted by Gasteiger charge is 2.34. The van der Waals surface area contributed by atoms with Gasteiger partial charge in [-0.2, -0.15) is 16.1 Å². The van der Waals surface area contributed by atoms with Gasteiger partial charge in [-0.3, -0.25) is 9.97 Å². The minimum Gasteiger partial charge on any atom is -0.611 e. The second-order valence-electron chi connectivity index (χ2n) is 10.3. The number of hydrogen-bond donors (Lipinski definition) is 4. The Morgan fingerprint density at radius 3 is 2.77 bits per heavy atom. The molecule has 14 nitrogen and oxygen atoms in total. The van der Waals surface area contributed by atoms with E-state index in [2.05, 4.69) is 26.3 Å². The van der Waals surface area contributed by atoms with Crippen molar-refractivity contribution in [2.24, 2.45) is 5.84 Å². The monoisotopic (exact) mass is 593 g/mol. The van der Waals surface area contributed by atoms with Crippen LogP contribution in [0.5, 0.6) is 5.75 Å². The molecule has 15 heteroatoms. The summed E-state index contributed by atoms with van der Waals surface area (Å²) in [7, 11) is 0. The molecule has 2 fully saturated rings. The van der Waals surface area contributed by atoms with Gasteiger partial charge in [-0.25, -0.2) is 14.4 Å². The Bertz CT molecular complexity index is 1470. The number of aliphatic hydroxyl groups is 1. The summed E-state index contributed by atoms with van der Waals surface area (Å²) in [5, 5.41) is 33.4. The summed E-state index contributed by atoms with van der Waals surface area (Å²) in [6, 6.07) is 14.4. The minimum atomic E-state index is -1.48. The average Bonchev–Trinajstić information content (AvgIpc) is 3.02. The van der Waals surface area contributed by atoms with Crippen molar-refractivity contribution in [3.63, 3.8) is 0 Å². The van der Waals surface area contributed by atoms with Crippen LogP contribution in [0.2, 0.25) is 0 Å². The van der Waals surface area contributed by atoms with Crippen LogP contribution in [0.1, 0.15) is 18.9 Å². The molecule has 0 radical (unpaired) electrons. The van der Waals surface area contributed by atoms with E-state index in [1.54, 1.807) is 18.2 Å². The van der Waals surface area contributed by atoms with E-state index in [0.29, 0.717) is 31.1 Å². The van der Waals surface area contributed by atoms with Crippen molar-refractivity contribution in [3.05, 3.63) is 59.6 Å². The van der Waals surface area contributed by atoms with Gasteiger partial charge in [0, 0.05) is 36.4 Å². The van der Waals surface area contributed by atoms with E-state index in [1.807, 2.05) is 29.2 Å². The SMILES string of the molecule is C[C@H](O)C(=O)N1CC[C@H](Oc2ccc(-c3ncnc(Nc4ccc(N5CCO[C@@H]([NH+](N)[O-])C5)cc4)n3)cc2C#N)[C@H](F)C1. The first-order chi connectivity index (χ1) is 20.7. The lowest BCUT2D eigenvalue weighted by Gasteiger charge is -2.36. The van der Waals surface area contributed by atoms with Gasteiger partial charge in [0.15, 0.2) is 12.0 Å². The number of piperidine rings is 1. The van der Waals surface area contributed by atoms with Crippen molar-refractivity contribution >= 4 is 23.2 Å². The lowest BCUT2D eigenvalue weighted by molar-refractivity contribution is -0.912. The number of benzene rings is 2. The van der Waals surface area contributed by atoms with E-state index in [0.717, 1.165) is 11.4 Å². The number of likely N-dealkylation sites (tertiary alicyclic amines) is 1. The Morgan fingerprint density at radius 2 is 2.07 bits per heavy atom. The molecule has 3 heterocycles. The van der Waals surface area contributed by atoms with Crippen LogP contribution in [-0.4, -0.2) is 88.3 Å². The lowest BCUT2D eigenvalue weighted by atomic mass is 10.0. The summed E-state index contributed by atoms with van der Waals surface area (Å²) in [4.78, 5) is 28.2. The van der Waals surface area contributed by atoms with Crippen LogP contribution in [0.25, 0.3) is 11.4 Å². The number of nitrogens with zero attached hydrogens (tertiary/aromatic N) is 6. The number of hydroxylamine groups is 1. The van der Waals surface area contributed by atoms with E-state index in [1.165, 1.54) is 18.2 Å². The van der Waals surface area contributed by atoms with Crippen molar-refractivity contribution in [3.8, 4) is 23.2 Å². The predicted molar refractivity (Wildman–Crippen MR) is 152 cm³/mol. The molecule has 1 aromatic heterocycles. The average molecular weight is 594 g/mol. The lowest BCUT2D eigenvalue weighted by Crippen LogP contribution is -3.18. The van der Waals surface area contributed by atoms with Crippen molar-refractivity contribution < 1.29 is 28.9 Å². The van der Waals surface area contributed by atoms with Gasteiger partial charge in [0.25, 0.3) is 5.91 Å². The topological polar surface area (TPSA) is 190 Å². The second kappa shape index (κ2) is 13.2. The Labute approximate surface area is 247 Å². The largest absolute Gasteiger partial charge is 0.611 e. The highest BCUT2D eigenvalue weighted by Crippen LogP contribution is 2.29. The van der Waals surface area contributed by atoms with E-state index in [4.69, 9.17) is 15.3 Å². The standard InChI is InChI=1S/C28H32FN9O5/c1-17(39)27(40)37-9-8-24(22(29)14-37)43-23-7-2-18(12-19(23)13-30)26-32-16-33-28(35-26)34-20-3-5-21(6-4-20)36-10-11-42-25(15-36)38(31)41/h2-7,12,16-17,22,24-25,38-39H,8-11,14-15,31H2,1H3,(H,32,33,34,35)/t17-,22+,24-,25+/m0/s1. The molecule has 5 rings (SSSR count). The second-order valence-corrected chi connectivity index (χ2v) is 10.3. The minimum absolute atomic E-state index is 0.180. The molecule has 0 bridgehead atoms. The molecular formula is C28H32FN9O5. The van der Waals surface area contributed by atoms with Crippen LogP contribution in [0.4, 0.5) is 21.7 Å². The molecule has 3 aromatic rings. The highest BCUT2D eigenvalue weighted by atomic mass is 19.1. The summed E-state index contributed by atoms with van der Waals surface area (Å²) in [6.07, 6.45) is -2.60. The van der Waals surface area contributed by atoms with E-state index >= 15 is 0 Å². The van der Waals surface area contributed by atoms with Crippen molar-refractivity contribution in [2.45, 2.75) is 38.0 Å². The zero-order valence-electron chi connectivity index (χ0n) is 23.4. The number of alkyl halides is 1. The first kappa shape index (κ1) is 30.0. The number of rotatable bonds is 8. The zero-order valence-corrected chi connectivity index (χ0v) is 23.4. The fourth-order valence-electron chi connectivity index (χ4n) is 4.94. The molecule has 5 atom stereocenters. The Balaban J connectivity index is 1.24. The van der Waals surface area contributed by atoms with E-state index in [-0.39, 0.29) is 36.8 Å². The number of aromatic nitrogens is 3. The number of carbonyl (C=O) groups is 1. The molecule has 226 valence electrons. The molecule has 2 aromatic carbocycles. The van der Waals surface area contributed by atoms with Crippen molar-refractivity contribution in [1.82, 2.24) is 19.9 Å². The van der Waals surface area contributed by atoms with Gasteiger partial charge in [-0.05, 0) is 49.4 Å². The molecule has 1 unspecified atom stereocenters. The maximum Gasteiger partial charge on any atom is 0.251 e. The smallest absolute Gasteiger partial charge is 0.251 e. The summed E-state index contributed by atoms with van der Waals surface area (Å²) in [5.74, 6) is 5.67. The van der Waals surface area contributed by atoms with Gasteiger partial charge in [-0.1, -0.05) is 0 Å². The maximum absolute atomic E-state index is 14.8. The number of amides is 1. The fraction of sp³-hybridized carbons (Fsp3) is 0.393. The van der Waals surface area contributed by atoms with Gasteiger partial charge < -0.3 is 34.9 Å². The van der Waals surface area contributed by atoms with Gasteiger partial charge in [0.05, 0.1) is 25.3 Å². The van der Waals surface area contributed by atoms with Gasteiger partial charge in [0.2, 0.25) is 12.2 Å². The number of nitrogens with one attached hydrogen (secondary N) is 2. The molecular weight excluding hydrogens is 561 g/mol. The molecule has 2 saturated heterocycles. The Kier molecular flexibility index (Phi) is 9.24. The molecule has 0 saturated carbocycles. The quantitative estimate of drug-likeness (QED) is 0.206. The van der Waals surface area contributed by atoms with Crippen LogP contribution in [-0.2, 0) is 9.53 Å². The van der Waals surface area contributed by atoms with Gasteiger partial charge in [-0.15, -0.1) is 0 Å². The Hall–Kier alpha value is -4.46. The predicted octanol–water partition coefficient (Wildman–Crippen LogP) is 0.272. The summed E-state index contributed by atoms with van der Waals surface area (Å²) >= 11 is 0. The first-order valence-electron chi connectivity index (χ1n) is 13.8. The number of quaternary nitrogens is 1. The molecule has 5 N–H and O–H groups in total. The fourth-order valence-corrected chi connectivity index (χ4v) is 4.94. The normalized spacial score (nSPS) is 21.9. The number of carbonyl (C=O) groups excluding carboxylic acids is 1. The van der Waals surface area contributed by atoms with Crippen LogP contribution in [0.3, 0.4) is 0 Å². The Morgan fingerprint density at radius 1 is 1.28 bits per heavy atom. The van der Waals surface area contributed by atoms with Crippen molar-refractivity contribution in [1.29, 1.82) is 5.26 Å². The third kappa shape index (κ3) is 7.13. The number of nitrogens with two attached hydrogens (primary N) is 1. The van der Waals surface area contributed by atoms with Gasteiger partial charge in [0.1, 0.15) is 30.4 Å². The molecule has 43 heavy (non-hydrogen) atoms. The zero-order chi connectivity index (χ0) is 30.5. The van der Waals surface area contributed by atoms with E-state index < -0.39 is 35.7 Å². The summed E-state index contributed by atoms with van der Waals surface area (Å²) < 4.78 is 26.1. The number of aliphatic hydroxyl groups excluding tert-OH is 1. The number of ether oxygens (including phenoxy) is 2. The third-order valence-corrected chi connectivity index (χ3v) is 7.23. The van der Waals surface area contributed by atoms with Crippen LogP contribution >= 0.6 is 0 Å². The van der Waals surface area contributed by atoms with Crippen LogP contribution in [0.15, 0.2) is 48.8 Å². The van der Waals surface area contributed by atoms with E-state index in [9.17, 15) is 24.8 Å². The summed E-state index contributed by atoms with van der Waals surface area (Å²) in [6.45, 7) is 2.82. The third-order valence-electron chi connectivity index (χ3n) is 7.23. The van der Waals surface area contributed by atoms with Crippen LogP contribution in [0, 0.1) is 16.5 Å². The molecule has 0 aliphatic carbocycles. The highest BCUT2D eigenvalue weighted by molar-refractivity contribution is 5.80. The number of halogens is 1.